The highest BCUT2D eigenvalue weighted by Crippen LogP contribution is 2.17. The number of hydrogen-bond donors (Lipinski definition) is 3. The molecule has 0 amide bonds. The number of hydrogen-bond acceptors (Lipinski definition) is 5. The van der Waals surface area contributed by atoms with Gasteiger partial charge in [0.05, 0.1) is 18.1 Å². The standard InChI is InChI=1S/C8H9N5O2S/c9-8-7(5-11-12-8)16(14,15)13-6-2-1-3-10-4-6/h1-5,13H,(H3,9,11,12). The van der Waals surface area contributed by atoms with Crippen LogP contribution in [0.2, 0.25) is 0 Å². The molecule has 84 valence electrons. The van der Waals surface area contributed by atoms with Crippen LogP contribution in [0.1, 0.15) is 0 Å². The third kappa shape index (κ3) is 1.96. The molecule has 0 radical (unpaired) electrons. The highest BCUT2D eigenvalue weighted by atomic mass is 32.2. The summed E-state index contributed by atoms with van der Waals surface area (Å²) in [5.74, 6) is -0.00334. The lowest BCUT2D eigenvalue weighted by molar-refractivity contribution is 0.601. The van der Waals surface area contributed by atoms with E-state index in [-0.39, 0.29) is 10.7 Å². The van der Waals surface area contributed by atoms with Crippen LogP contribution >= 0.6 is 0 Å². The lowest BCUT2D eigenvalue weighted by Gasteiger charge is -2.05. The van der Waals surface area contributed by atoms with E-state index in [9.17, 15) is 8.42 Å². The first kappa shape index (κ1) is 10.4. The van der Waals surface area contributed by atoms with Crippen LogP contribution in [0.15, 0.2) is 35.6 Å². The van der Waals surface area contributed by atoms with Crippen molar-refractivity contribution in [2.75, 3.05) is 10.5 Å². The molecule has 0 saturated carbocycles. The number of H-pyrrole nitrogens is 1. The predicted molar refractivity (Wildman–Crippen MR) is 58.0 cm³/mol. The van der Waals surface area contributed by atoms with Gasteiger partial charge in [0, 0.05) is 6.20 Å². The molecule has 4 N–H and O–H groups in total. The fourth-order valence-electron chi connectivity index (χ4n) is 1.13. The van der Waals surface area contributed by atoms with Crippen molar-refractivity contribution in [3.63, 3.8) is 0 Å². The first-order valence-corrected chi connectivity index (χ1v) is 5.79. The summed E-state index contributed by atoms with van der Waals surface area (Å²) in [7, 11) is -3.71. The number of nitrogens with two attached hydrogens (primary N) is 1. The average molecular weight is 239 g/mol. The van der Waals surface area contributed by atoms with Crippen molar-refractivity contribution < 1.29 is 8.42 Å². The van der Waals surface area contributed by atoms with Crippen LogP contribution in [-0.2, 0) is 10.0 Å². The maximum atomic E-state index is 11.8. The molecule has 8 heteroatoms. The molecule has 0 aliphatic carbocycles. The molecule has 0 bridgehead atoms. The molecule has 0 atom stereocenters. The van der Waals surface area contributed by atoms with Crippen molar-refractivity contribution in [2.24, 2.45) is 0 Å². The normalized spacial score (nSPS) is 11.2. The Morgan fingerprint density at radius 1 is 1.38 bits per heavy atom. The zero-order valence-electron chi connectivity index (χ0n) is 8.08. The Balaban J connectivity index is 2.32. The van der Waals surface area contributed by atoms with E-state index in [2.05, 4.69) is 19.9 Å². The van der Waals surface area contributed by atoms with Gasteiger partial charge in [0.25, 0.3) is 10.0 Å². The summed E-state index contributed by atoms with van der Waals surface area (Å²) in [4.78, 5) is 3.70. The van der Waals surface area contributed by atoms with E-state index in [1.54, 1.807) is 18.3 Å². The second kappa shape index (κ2) is 3.81. The average Bonchev–Trinajstić information content (AvgIpc) is 2.66. The molecule has 0 aliphatic rings. The lowest BCUT2D eigenvalue weighted by atomic mass is 10.4. The van der Waals surface area contributed by atoms with Gasteiger partial charge in [-0.05, 0) is 12.1 Å². The molecule has 2 rings (SSSR count). The molecule has 2 aromatic heterocycles. The summed E-state index contributed by atoms with van der Waals surface area (Å²) >= 11 is 0. The number of anilines is 2. The van der Waals surface area contributed by atoms with Crippen molar-refractivity contribution in [2.45, 2.75) is 4.90 Å². The van der Waals surface area contributed by atoms with Gasteiger partial charge in [0.15, 0.2) is 0 Å². The molecule has 0 unspecified atom stereocenters. The SMILES string of the molecule is Nc1[nH]ncc1S(=O)(=O)Nc1cccnc1. The van der Waals surface area contributed by atoms with E-state index in [4.69, 9.17) is 5.73 Å². The van der Waals surface area contributed by atoms with E-state index in [0.29, 0.717) is 5.69 Å². The lowest BCUT2D eigenvalue weighted by Crippen LogP contribution is -2.13. The smallest absolute Gasteiger partial charge is 0.267 e. The van der Waals surface area contributed by atoms with E-state index >= 15 is 0 Å². The van der Waals surface area contributed by atoms with Crippen LogP contribution < -0.4 is 10.5 Å². The summed E-state index contributed by atoms with van der Waals surface area (Å²) in [6, 6.07) is 3.21. The summed E-state index contributed by atoms with van der Waals surface area (Å²) in [6.45, 7) is 0. The Morgan fingerprint density at radius 2 is 2.19 bits per heavy atom. The first-order chi connectivity index (χ1) is 7.59. The van der Waals surface area contributed by atoms with Gasteiger partial charge in [0.1, 0.15) is 10.7 Å². The van der Waals surface area contributed by atoms with Crippen LogP contribution in [0.25, 0.3) is 0 Å². The zero-order valence-corrected chi connectivity index (χ0v) is 8.90. The molecular formula is C8H9N5O2S. The second-order valence-electron chi connectivity index (χ2n) is 3.00. The highest BCUT2D eigenvalue weighted by Gasteiger charge is 2.19. The third-order valence-corrected chi connectivity index (χ3v) is 3.24. The Morgan fingerprint density at radius 3 is 2.75 bits per heavy atom. The Bertz CT molecular complexity index is 577. The molecular weight excluding hydrogens is 230 g/mol. The zero-order chi connectivity index (χ0) is 11.6. The number of rotatable bonds is 3. The minimum absolute atomic E-state index is 0.00334. The van der Waals surface area contributed by atoms with Gasteiger partial charge in [-0.3, -0.25) is 14.8 Å². The number of sulfonamides is 1. The number of pyridine rings is 1. The van der Waals surface area contributed by atoms with Crippen molar-refractivity contribution in [3.05, 3.63) is 30.7 Å². The second-order valence-corrected chi connectivity index (χ2v) is 4.65. The van der Waals surface area contributed by atoms with Crippen LogP contribution in [-0.4, -0.2) is 23.6 Å². The molecule has 0 saturated heterocycles. The van der Waals surface area contributed by atoms with Crippen LogP contribution in [0.4, 0.5) is 11.5 Å². The monoisotopic (exact) mass is 239 g/mol. The number of aromatic nitrogens is 3. The summed E-state index contributed by atoms with van der Waals surface area (Å²) < 4.78 is 25.9. The van der Waals surface area contributed by atoms with Crippen molar-refractivity contribution in [1.82, 2.24) is 15.2 Å². The number of nitrogens with zero attached hydrogens (tertiary/aromatic N) is 2. The van der Waals surface area contributed by atoms with Gasteiger partial charge >= 0.3 is 0 Å². The maximum absolute atomic E-state index is 11.8. The number of aromatic amines is 1. The van der Waals surface area contributed by atoms with Gasteiger partial charge in [0.2, 0.25) is 0 Å². The number of nitrogen functional groups attached to an aromatic ring is 1. The topological polar surface area (TPSA) is 114 Å². The van der Waals surface area contributed by atoms with Crippen LogP contribution in [0.5, 0.6) is 0 Å². The molecule has 7 nitrogen and oxygen atoms in total. The van der Waals surface area contributed by atoms with E-state index in [0.717, 1.165) is 6.20 Å². The van der Waals surface area contributed by atoms with Crippen LogP contribution in [0.3, 0.4) is 0 Å². The summed E-state index contributed by atoms with van der Waals surface area (Å²) in [6.07, 6.45) is 4.09. The Hall–Kier alpha value is -2.09. The molecule has 0 aromatic carbocycles. The largest absolute Gasteiger partial charge is 0.383 e. The molecule has 0 spiro atoms. The van der Waals surface area contributed by atoms with Crippen LogP contribution in [0, 0.1) is 0 Å². The van der Waals surface area contributed by atoms with Gasteiger partial charge in [-0.1, -0.05) is 0 Å². The molecule has 2 heterocycles. The maximum Gasteiger partial charge on any atom is 0.267 e. The Kier molecular flexibility index (Phi) is 2.49. The first-order valence-electron chi connectivity index (χ1n) is 4.31. The third-order valence-electron chi connectivity index (χ3n) is 1.84. The van der Waals surface area contributed by atoms with E-state index in [1.807, 2.05) is 0 Å². The molecule has 0 fully saturated rings. The summed E-state index contributed by atoms with van der Waals surface area (Å²) in [5, 5.41) is 5.90. The molecule has 2 aromatic rings. The minimum Gasteiger partial charge on any atom is -0.383 e. The molecule has 16 heavy (non-hydrogen) atoms. The van der Waals surface area contributed by atoms with Gasteiger partial charge in [-0.25, -0.2) is 8.42 Å². The van der Waals surface area contributed by atoms with E-state index in [1.165, 1.54) is 6.20 Å². The van der Waals surface area contributed by atoms with Gasteiger partial charge < -0.3 is 5.73 Å². The van der Waals surface area contributed by atoms with Crippen molar-refractivity contribution in [1.29, 1.82) is 0 Å². The fourth-order valence-corrected chi connectivity index (χ4v) is 2.20. The fraction of sp³-hybridized carbons (Fsp3) is 0. The molecule has 0 aliphatic heterocycles. The van der Waals surface area contributed by atoms with E-state index < -0.39 is 10.0 Å². The van der Waals surface area contributed by atoms with Crippen molar-refractivity contribution in [3.8, 4) is 0 Å². The number of nitrogens with one attached hydrogen (secondary N) is 2. The van der Waals surface area contributed by atoms with Gasteiger partial charge in [-0.2, -0.15) is 5.10 Å². The summed E-state index contributed by atoms with van der Waals surface area (Å²) in [5.41, 5.74) is 5.79. The van der Waals surface area contributed by atoms with Crippen molar-refractivity contribution >= 4 is 21.5 Å². The van der Waals surface area contributed by atoms with Gasteiger partial charge in [-0.15, -0.1) is 0 Å². The predicted octanol–water partition coefficient (Wildman–Crippen LogP) is 0.188. The Labute approximate surface area is 91.8 Å². The highest BCUT2D eigenvalue weighted by molar-refractivity contribution is 7.92. The quantitative estimate of drug-likeness (QED) is 0.707. The minimum atomic E-state index is -3.71.